The maximum Gasteiger partial charge on any atom is 0.270 e. The molecule has 0 unspecified atom stereocenters. The third-order valence-electron chi connectivity index (χ3n) is 10.2. The Morgan fingerprint density at radius 2 is 1.21 bits per heavy atom. The van der Waals surface area contributed by atoms with Crippen LogP contribution in [0.15, 0.2) is 109 Å². The van der Waals surface area contributed by atoms with E-state index in [1.807, 2.05) is 56.3 Å². The zero-order chi connectivity index (χ0) is 38.8. The van der Waals surface area contributed by atoms with Crippen LogP contribution in [0.5, 0.6) is 11.5 Å². The molecular weight excluding hydrogens is 703 g/mol. The average molecular weight is 746 g/mol. The summed E-state index contributed by atoms with van der Waals surface area (Å²) in [7, 11) is 0. The molecule has 56 heavy (non-hydrogen) atoms. The van der Waals surface area contributed by atoms with Gasteiger partial charge in [-0.05, 0) is 98.5 Å². The van der Waals surface area contributed by atoms with Crippen LogP contribution in [0.3, 0.4) is 0 Å². The Balaban J connectivity index is 0.000000164. The monoisotopic (exact) mass is 745 g/mol. The highest BCUT2D eigenvalue weighted by Crippen LogP contribution is 2.35. The highest BCUT2D eigenvalue weighted by molar-refractivity contribution is 5.94. The molecule has 0 aliphatic carbocycles. The number of nitrogens with two attached hydrogens (primary N) is 1. The van der Waals surface area contributed by atoms with Gasteiger partial charge >= 0.3 is 0 Å². The first-order valence-electron chi connectivity index (χ1n) is 18.8. The van der Waals surface area contributed by atoms with Gasteiger partial charge in [-0.15, -0.1) is 0 Å². The summed E-state index contributed by atoms with van der Waals surface area (Å²) in [5, 5.41) is 25.6. The summed E-state index contributed by atoms with van der Waals surface area (Å²) in [5.74, 6) is 2.89. The van der Waals surface area contributed by atoms with Gasteiger partial charge in [-0.1, -0.05) is 42.5 Å². The molecule has 2 aliphatic heterocycles. The maximum atomic E-state index is 12.5. The predicted octanol–water partition coefficient (Wildman–Crippen LogP) is 6.56. The lowest BCUT2D eigenvalue weighted by Crippen LogP contribution is -2.37. The van der Waals surface area contributed by atoms with E-state index in [2.05, 4.69) is 43.3 Å². The number of fused-ring (bicyclic) bond motifs is 2. The van der Waals surface area contributed by atoms with Crippen molar-refractivity contribution in [2.45, 2.75) is 38.8 Å². The molecule has 2 aliphatic rings. The number of para-hydroxylation sites is 2. The number of benzene rings is 4. The van der Waals surface area contributed by atoms with E-state index >= 15 is 0 Å². The van der Waals surface area contributed by atoms with Crippen molar-refractivity contribution in [2.24, 2.45) is 5.73 Å². The number of phenols is 2. The van der Waals surface area contributed by atoms with Gasteiger partial charge in [0.2, 0.25) is 0 Å². The van der Waals surface area contributed by atoms with Crippen molar-refractivity contribution in [1.29, 1.82) is 0 Å². The number of hydrogen-bond donors (Lipinski definition) is 4. The second-order valence-corrected chi connectivity index (χ2v) is 14.4. The molecule has 2 saturated heterocycles. The molecular formula is C44H43N9O3. The molecule has 0 saturated carbocycles. The van der Waals surface area contributed by atoms with Crippen LogP contribution in [0.4, 0.5) is 11.6 Å². The van der Waals surface area contributed by atoms with Crippen LogP contribution in [-0.4, -0.2) is 79.3 Å². The van der Waals surface area contributed by atoms with Crippen molar-refractivity contribution >= 4 is 39.3 Å². The summed E-state index contributed by atoms with van der Waals surface area (Å²) in [5.41, 5.74) is 11.7. The lowest BCUT2D eigenvalue weighted by Gasteiger charge is -2.21. The number of nitrogens with zero attached hydrogens (tertiary/aromatic N) is 7. The molecule has 0 bridgehead atoms. The van der Waals surface area contributed by atoms with Crippen molar-refractivity contribution in [2.75, 3.05) is 36.0 Å². The van der Waals surface area contributed by atoms with Gasteiger partial charge in [-0.25, -0.2) is 19.9 Å². The molecule has 3 aromatic heterocycles. The van der Waals surface area contributed by atoms with Crippen molar-refractivity contribution < 1.29 is 15.0 Å². The summed E-state index contributed by atoms with van der Waals surface area (Å²) >= 11 is 0. The number of amides is 1. The lowest BCUT2D eigenvalue weighted by molar-refractivity contribution is 0.0935. The van der Waals surface area contributed by atoms with Gasteiger partial charge in [0.1, 0.15) is 28.8 Å². The van der Waals surface area contributed by atoms with E-state index in [0.29, 0.717) is 35.0 Å². The number of aromatic hydroxyl groups is 2. The number of aromatic nitrogens is 5. The maximum absolute atomic E-state index is 12.5. The van der Waals surface area contributed by atoms with Crippen molar-refractivity contribution in [3.05, 3.63) is 126 Å². The fourth-order valence-electron chi connectivity index (χ4n) is 7.30. The van der Waals surface area contributed by atoms with Crippen LogP contribution in [0.1, 0.15) is 34.5 Å². The predicted molar refractivity (Wildman–Crippen MR) is 220 cm³/mol. The Hall–Kier alpha value is -6.66. The summed E-state index contributed by atoms with van der Waals surface area (Å²) < 4.78 is 0. The number of nitrogens with one attached hydrogen (secondary N) is 1. The standard InChI is InChI=1S/C25H23N5O2.C19H20N4O/c1-16-9-10-18-21(14-16)28-23(19-6-2-3-8-22(19)31)29-24(18)30-13-11-17(15-30)27-25(32)20-7-4-5-12-26-20;1-12-6-7-14-16(10-12)21-18(15-4-2-3-5-17(15)24)22-19(14)23-9-8-13(20)11-23/h2-10,12,14,17,31H,11,13,15H2,1H3,(H,27,32);2-7,10,13,24H,8-9,11,20H2,1H3/t17-;13-/m11/s1. The van der Waals surface area contributed by atoms with Gasteiger partial charge in [0.05, 0.1) is 22.2 Å². The summed E-state index contributed by atoms with van der Waals surface area (Å²) in [6.45, 7) is 7.15. The molecule has 2 atom stereocenters. The molecule has 4 aromatic carbocycles. The summed E-state index contributed by atoms with van der Waals surface area (Å²) in [4.78, 5) is 40.1. The zero-order valence-corrected chi connectivity index (χ0v) is 31.3. The quantitative estimate of drug-likeness (QED) is 0.146. The SMILES string of the molecule is Cc1ccc2c(N3CC[C@@H](N)C3)nc(-c3ccccc3O)nc2c1.Cc1ccc2c(N3CC[C@@H](NC(=O)c4ccccn4)C3)nc(-c3ccccc3O)nc2c1. The van der Waals surface area contributed by atoms with Gasteiger partial charge in [-0.2, -0.15) is 0 Å². The summed E-state index contributed by atoms with van der Waals surface area (Å²) in [6.07, 6.45) is 3.39. The average Bonchev–Trinajstić information content (AvgIpc) is 3.86. The molecule has 12 heteroatoms. The number of carbonyl (C=O) groups is 1. The molecule has 2 fully saturated rings. The first-order chi connectivity index (χ1) is 27.2. The lowest BCUT2D eigenvalue weighted by atomic mass is 10.1. The molecule has 0 radical (unpaired) electrons. The molecule has 5 N–H and O–H groups in total. The molecule has 7 aromatic rings. The fourth-order valence-corrected chi connectivity index (χ4v) is 7.30. The van der Waals surface area contributed by atoms with Crippen LogP contribution >= 0.6 is 0 Å². The molecule has 1 amide bonds. The largest absolute Gasteiger partial charge is 0.507 e. The molecule has 5 heterocycles. The number of hydrogen-bond acceptors (Lipinski definition) is 11. The minimum absolute atomic E-state index is 0.00597. The number of aryl methyl sites for hydroxylation is 2. The molecule has 0 spiro atoms. The van der Waals surface area contributed by atoms with Crippen LogP contribution in [0, 0.1) is 13.8 Å². The minimum atomic E-state index is -0.171. The molecule has 282 valence electrons. The number of rotatable bonds is 6. The smallest absolute Gasteiger partial charge is 0.270 e. The van der Waals surface area contributed by atoms with Crippen LogP contribution in [0.25, 0.3) is 44.6 Å². The van der Waals surface area contributed by atoms with E-state index in [0.717, 1.165) is 77.0 Å². The molecule has 9 rings (SSSR count). The van der Waals surface area contributed by atoms with Gasteiger partial charge in [0, 0.05) is 55.2 Å². The fraction of sp³-hybridized carbons (Fsp3) is 0.227. The van der Waals surface area contributed by atoms with Gasteiger partial charge in [-0.3, -0.25) is 9.78 Å². The third-order valence-corrected chi connectivity index (χ3v) is 10.2. The Bertz CT molecular complexity index is 2550. The van der Waals surface area contributed by atoms with Crippen LogP contribution in [-0.2, 0) is 0 Å². The first kappa shape index (κ1) is 36.3. The van der Waals surface area contributed by atoms with E-state index in [-0.39, 0.29) is 29.5 Å². The number of phenolic OH excluding ortho intramolecular Hbond substituents is 2. The Labute approximate surface area is 324 Å². The summed E-state index contributed by atoms with van der Waals surface area (Å²) in [6, 6.07) is 32.0. The van der Waals surface area contributed by atoms with E-state index in [9.17, 15) is 15.0 Å². The van der Waals surface area contributed by atoms with Gasteiger partial charge < -0.3 is 31.1 Å². The van der Waals surface area contributed by atoms with Crippen LogP contribution < -0.4 is 20.9 Å². The Morgan fingerprint density at radius 1 is 0.679 bits per heavy atom. The third kappa shape index (κ3) is 7.64. The second-order valence-electron chi connectivity index (χ2n) is 14.4. The van der Waals surface area contributed by atoms with E-state index < -0.39 is 0 Å². The van der Waals surface area contributed by atoms with E-state index in [1.165, 1.54) is 0 Å². The Kier molecular flexibility index (Phi) is 10.1. The first-order valence-corrected chi connectivity index (χ1v) is 18.8. The Morgan fingerprint density at radius 3 is 1.73 bits per heavy atom. The van der Waals surface area contributed by atoms with Gasteiger partial charge in [0.15, 0.2) is 11.6 Å². The number of anilines is 2. The topological polar surface area (TPSA) is 167 Å². The zero-order valence-electron chi connectivity index (χ0n) is 31.3. The number of pyridine rings is 1. The molecule has 12 nitrogen and oxygen atoms in total. The van der Waals surface area contributed by atoms with Crippen molar-refractivity contribution in [1.82, 2.24) is 30.2 Å². The second kappa shape index (κ2) is 15.6. The van der Waals surface area contributed by atoms with E-state index in [4.69, 9.17) is 20.7 Å². The van der Waals surface area contributed by atoms with Crippen molar-refractivity contribution in [3.63, 3.8) is 0 Å². The minimum Gasteiger partial charge on any atom is -0.507 e. The van der Waals surface area contributed by atoms with Crippen LogP contribution in [0.2, 0.25) is 0 Å². The number of carbonyl (C=O) groups excluding carboxylic acids is 1. The highest BCUT2D eigenvalue weighted by Gasteiger charge is 2.28. The normalized spacial score (nSPS) is 16.6. The van der Waals surface area contributed by atoms with Crippen molar-refractivity contribution in [3.8, 4) is 34.3 Å². The highest BCUT2D eigenvalue weighted by atomic mass is 16.3. The van der Waals surface area contributed by atoms with E-state index in [1.54, 1.807) is 48.7 Å². The van der Waals surface area contributed by atoms with Gasteiger partial charge in [0.25, 0.3) is 5.91 Å².